The maximum Gasteiger partial charge on any atom is 0.0431 e. The van der Waals surface area contributed by atoms with Crippen molar-refractivity contribution in [2.24, 2.45) is 0 Å². The molecule has 0 aromatic rings. The van der Waals surface area contributed by atoms with Gasteiger partial charge in [0.25, 0.3) is 0 Å². The summed E-state index contributed by atoms with van der Waals surface area (Å²) < 4.78 is 0. The maximum atomic E-state index is 8.69. The molecule has 0 saturated carbocycles. The van der Waals surface area contributed by atoms with Gasteiger partial charge in [-0.25, -0.2) is 0 Å². The number of nitrogens with one attached hydrogen (secondary N) is 4. The summed E-state index contributed by atoms with van der Waals surface area (Å²) in [7, 11) is 2.01. The predicted molar refractivity (Wildman–Crippen MR) is 106 cm³/mol. The van der Waals surface area contributed by atoms with Gasteiger partial charge in [-0.15, -0.1) is 0 Å². The Morgan fingerprint density at radius 3 is 1.25 bits per heavy atom. The lowest BCUT2D eigenvalue weighted by atomic mass is 10.2. The second-order valence-corrected chi connectivity index (χ2v) is 6.61. The fourth-order valence-electron chi connectivity index (χ4n) is 2.67. The molecule has 0 aromatic carbocycles. The van der Waals surface area contributed by atoms with E-state index in [1.54, 1.807) is 0 Å². The second kappa shape index (κ2) is 22.8. The van der Waals surface area contributed by atoms with Gasteiger partial charge >= 0.3 is 0 Å². The highest BCUT2D eigenvalue weighted by Crippen LogP contribution is 1.98. The summed E-state index contributed by atoms with van der Waals surface area (Å²) in [5.74, 6) is 0. The van der Waals surface area contributed by atoms with Crippen LogP contribution in [0.1, 0.15) is 64.2 Å². The van der Waals surface area contributed by atoms with Crippen LogP contribution in [0.15, 0.2) is 0 Å². The van der Waals surface area contributed by atoms with E-state index in [1.807, 2.05) is 7.05 Å². The van der Waals surface area contributed by atoms with E-state index in [1.165, 1.54) is 57.9 Å². The Balaban J connectivity index is 2.93. The zero-order valence-electron chi connectivity index (χ0n) is 16.2. The lowest BCUT2D eigenvalue weighted by Crippen LogP contribution is -2.23. The highest BCUT2D eigenvalue weighted by molar-refractivity contribution is 4.55. The molecule has 5 N–H and O–H groups in total. The number of aliphatic hydroxyl groups is 1. The first-order valence-corrected chi connectivity index (χ1v) is 10.3. The number of rotatable bonds is 21. The maximum absolute atomic E-state index is 8.69. The average Bonchev–Trinajstić information content (AvgIpc) is 2.60. The van der Waals surface area contributed by atoms with Gasteiger partial charge in [-0.3, -0.25) is 0 Å². The van der Waals surface area contributed by atoms with Crippen molar-refractivity contribution in [3.8, 4) is 0 Å². The summed E-state index contributed by atoms with van der Waals surface area (Å²) in [6.07, 6.45) is 12.3. The SMILES string of the molecule is CNCCCNCCCCCCNCCCNCCCCCCO. The molecule has 0 saturated heterocycles. The van der Waals surface area contributed by atoms with Crippen molar-refractivity contribution in [2.75, 3.05) is 59.5 Å². The van der Waals surface area contributed by atoms with Crippen LogP contribution in [0, 0.1) is 0 Å². The molecule has 0 aliphatic rings. The van der Waals surface area contributed by atoms with Crippen LogP contribution in [0.4, 0.5) is 0 Å². The Hall–Kier alpha value is -0.200. The highest BCUT2D eigenvalue weighted by atomic mass is 16.2. The molecule has 0 unspecified atom stereocenters. The van der Waals surface area contributed by atoms with E-state index in [0.717, 1.165) is 52.1 Å². The van der Waals surface area contributed by atoms with Crippen molar-refractivity contribution in [3.63, 3.8) is 0 Å². The summed E-state index contributed by atoms with van der Waals surface area (Å²) in [6, 6.07) is 0. The first kappa shape index (κ1) is 23.8. The number of hydrogen-bond acceptors (Lipinski definition) is 5. The third-order valence-corrected chi connectivity index (χ3v) is 4.21. The first-order valence-electron chi connectivity index (χ1n) is 10.3. The van der Waals surface area contributed by atoms with Crippen molar-refractivity contribution in [2.45, 2.75) is 64.2 Å². The Labute approximate surface area is 150 Å². The van der Waals surface area contributed by atoms with E-state index in [-0.39, 0.29) is 0 Å². The summed E-state index contributed by atoms with van der Waals surface area (Å²) in [5, 5.41) is 22.4. The topological polar surface area (TPSA) is 68.3 Å². The third-order valence-electron chi connectivity index (χ3n) is 4.21. The summed E-state index contributed by atoms with van der Waals surface area (Å²) >= 11 is 0. The van der Waals surface area contributed by atoms with Crippen LogP contribution in [-0.4, -0.2) is 64.6 Å². The van der Waals surface area contributed by atoms with Crippen molar-refractivity contribution < 1.29 is 5.11 Å². The van der Waals surface area contributed by atoms with Gasteiger partial charge in [0.1, 0.15) is 0 Å². The van der Waals surface area contributed by atoms with Crippen LogP contribution in [0.25, 0.3) is 0 Å². The molecule has 0 radical (unpaired) electrons. The number of hydrogen-bond donors (Lipinski definition) is 5. The molecular weight excluding hydrogens is 300 g/mol. The van der Waals surface area contributed by atoms with Gasteiger partial charge in [0.2, 0.25) is 0 Å². The molecule has 0 aromatic heterocycles. The van der Waals surface area contributed by atoms with Crippen LogP contribution in [0.5, 0.6) is 0 Å². The van der Waals surface area contributed by atoms with E-state index >= 15 is 0 Å². The fraction of sp³-hybridized carbons (Fsp3) is 1.00. The average molecular weight is 345 g/mol. The van der Waals surface area contributed by atoms with Crippen molar-refractivity contribution >= 4 is 0 Å². The molecule has 5 nitrogen and oxygen atoms in total. The third kappa shape index (κ3) is 21.8. The molecule has 0 spiro atoms. The standard InChI is InChI=1S/C19H44N4O/c1-20-12-10-16-21-13-6-2-3-7-14-22-17-11-18-23-15-8-4-5-9-19-24/h20-24H,2-19H2,1H3. The van der Waals surface area contributed by atoms with Gasteiger partial charge in [0.15, 0.2) is 0 Å². The van der Waals surface area contributed by atoms with Gasteiger partial charge in [0.05, 0.1) is 0 Å². The van der Waals surface area contributed by atoms with Crippen LogP contribution < -0.4 is 21.3 Å². The molecule has 0 bridgehead atoms. The molecule has 0 atom stereocenters. The molecular formula is C19H44N4O. The van der Waals surface area contributed by atoms with Gasteiger partial charge < -0.3 is 26.4 Å². The second-order valence-electron chi connectivity index (χ2n) is 6.61. The molecule has 0 rings (SSSR count). The molecule has 5 heteroatoms. The van der Waals surface area contributed by atoms with E-state index in [2.05, 4.69) is 21.3 Å². The minimum atomic E-state index is 0.340. The van der Waals surface area contributed by atoms with E-state index in [9.17, 15) is 0 Å². The first-order chi connectivity index (χ1) is 11.9. The quantitative estimate of drug-likeness (QED) is 0.206. The molecule has 0 heterocycles. The number of aliphatic hydroxyl groups excluding tert-OH is 1. The zero-order valence-corrected chi connectivity index (χ0v) is 16.2. The van der Waals surface area contributed by atoms with Crippen LogP contribution in [0.2, 0.25) is 0 Å². The fourth-order valence-corrected chi connectivity index (χ4v) is 2.67. The normalized spacial score (nSPS) is 11.2. The van der Waals surface area contributed by atoms with Crippen LogP contribution in [0.3, 0.4) is 0 Å². The van der Waals surface area contributed by atoms with Crippen LogP contribution >= 0.6 is 0 Å². The summed E-state index contributed by atoms with van der Waals surface area (Å²) in [4.78, 5) is 0. The highest BCUT2D eigenvalue weighted by Gasteiger charge is 1.93. The largest absolute Gasteiger partial charge is 0.396 e. The predicted octanol–water partition coefficient (Wildman–Crippen LogP) is 1.87. The van der Waals surface area contributed by atoms with Gasteiger partial charge in [0, 0.05) is 6.61 Å². The Morgan fingerprint density at radius 2 is 0.833 bits per heavy atom. The molecule has 0 fully saturated rings. The Morgan fingerprint density at radius 1 is 0.458 bits per heavy atom. The molecule has 0 aliphatic heterocycles. The Bertz CT molecular complexity index is 196. The van der Waals surface area contributed by atoms with Crippen molar-refractivity contribution in [3.05, 3.63) is 0 Å². The smallest absolute Gasteiger partial charge is 0.0431 e. The van der Waals surface area contributed by atoms with E-state index in [4.69, 9.17) is 5.11 Å². The van der Waals surface area contributed by atoms with Gasteiger partial charge in [-0.1, -0.05) is 25.7 Å². The lowest BCUT2D eigenvalue weighted by molar-refractivity contribution is 0.282. The minimum Gasteiger partial charge on any atom is -0.396 e. The molecule has 0 amide bonds. The van der Waals surface area contributed by atoms with E-state index < -0.39 is 0 Å². The monoisotopic (exact) mass is 344 g/mol. The molecule has 0 aliphatic carbocycles. The van der Waals surface area contributed by atoms with Gasteiger partial charge in [-0.05, 0) is 91.4 Å². The summed E-state index contributed by atoms with van der Waals surface area (Å²) in [5.41, 5.74) is 0. The van der Waals surface area contributed by atoms with Crippen LogP contribution in [-0.2, 0) is 0 Å². The van der Waals surface area contributed by atoms with Gasteiger partial charge in [-0.2, -0.15) is 0 Å². The van der Waals surface area contributed by atoms with Crippen molar-refractivity contribution in [1.29, 1.82) is 0 Å². The zero-order chi connectivity index (χ0) is 17.6. The lowest BCUT2D eigenvalue weighted by Gasteiger charge is -2.07. The number of unbranched alkanes of at least 4 members (excludes halogenated alkanes) is 6. The van der Waals surface area contributed by atoms with Crippen molar-refractivity contribution in [1.82, 2.24) is 21.3 Å². The van der Waals surface area contributed by atoms with E-state index in [0.29, 0.717) is 6.61 Å². The molecule has 146 valence electrons. The molecule has 24 heavy (non-hydrogen) atoms. The minimum absolute atomic E-state index is 0.340. The Kier molecular flexibility index (Phi) is 22.6. The summed E-state index contributed by atoms with van der Waals surface area (Å²) in [6.45, 7) is 8.29.